The minimum atomic E-state index is -0.642. The third kappa shape index (κ3) is 3.30. The number of carbonyl (C=O) groups excluding carboxylic acids is 1. The standard InChI is InChI=1S/C21H21FN4O3/c1-24-17-11-15(23-19(27)13-6-5-7-14(22)10-13)16(26-8-3-4-9-26)12-18(17)25(2)21(29)20(24)28/h5-7,10-12H,3-4,8-9H2,1-2H3,(H,23,27). The van der Waals surface area contributed by atoms with Gasteiger partial charge in [-0.25, -0.2) is 4.39 Å². The van der Waals surface area contributed by atoms with E-state index >= 15 is 0 Å². The topological polar surface area (TPSA) is 76.3 Å². The molecule has 2 heterocycles. The Kier molecular flexibility index (Phi) is 4.70. The molecule has 1 saturated heterocycles. The summed E-state index contributed by atoms with van der Waals surface area (Å²) in [5, 5.41) is 2.85. The van der Waals surface area contributed by atoms with Crippen molar-refractivity contribution in [1.29, 1.82) is 0 Å². The lowest BCUT2D eigenvalue weighted by Gasteiger charge is -2.23. The fraction of sp³-hybridized carbons (Fsp3) is 0.286. The lowest BCUT2D eigenvalue weighted by molar-refractivity contribution is 0.102. The highest BCUT2D eigenvalue weighted by atomic mass is 19.1. The molecule has 4 rings (SSSR count). The minimum absolute atomic E-state index is 0.201. The summed E-state index contributed by atoms with van der Waals surface area (Å²) in [7, 11) is 3.09. The summed E-state index contributed by atoms with van der Waals surface area (Å²) in [6, 6.07) is 8.98. The molecule has 0 spiro atoms. The van der Waals surface area contributed by atoms with Gasteiger partial charge in [0.25, 0.3) is 5.91 Å². The average molecular weight is 396 g/mol. The molecule has 1 aromatic heterocycles. The SMILES string of the molecule is Cn1c(=O)c(=O)n(C)c2cc(N3CCCC3)c(NC(=O)c3cccc(F)c3)cc21. The number of halogens is 1. The lowest BCUT2D eigenvalue weighted by atomic mass is 10.1. The number of anilines is 2. The molecule has 1 aliphatic heterocycles. The van der Waals surface area contributed by atoms with E-state index in [-0.39, 0.29) is 5.56 Å². The monoisotopic (exact) mass is 396 g/mol. The second kappa shape index (κ2) is 7.20. The van der Waals surface area contributed by atoms with Gasteiger partial charge in [0, 0.05) is 32.7 Å². The molecule has 1 fully saturated rings. The molecule has 0 atom stereocenters. The van der Waals surface area contributed by atoms with Crippen molar-refractivity contribution in [3.05, 3.63) is 68.5 Å². The molecule has 0 unspecified atom stereocenters. The summed E-state index contributed by atoms with van der Waals surface area (Å²) in [4.78, 5) is 39.3. The molecule has 29 heavy (non-hydrogen) atoms. The van der Waals surface area contributed by atoms with E-state index < -0.39 is 22.8 Å². The van der Waals surface area contributed by atoms with Crippen molar-refractivity contribution in [3.63, 3.8) is 0 Å². The van der Waals surface area contributed by atoms with E-state index in [0.717, 1.165) is 31.6 Å². The number of aryl methyl sites for hydroxylation is 2. The molecule has 0 saturated carbocycles. The van der Waals surface area contributed by atoms with Crippen molar-refractivity contribution in [2.24, 2.45) is 14.1 Å². The van der Waals surface area contributed by atoms with Crippen LogP contribution in [0.1, 0.15) is 23.2 Å². The number of carbonyl (C=O) groups is 1. The van der Waals surface area contributed by atoms with Crippen LogP contribution in [-0.4, -0.2) is 28.1 Å². The van der Waals surface area contributed by atoms with Gasteiger partial charge in [0.2, 0.25) is 0 Å². The van der Waals surface area contributed by atoms with Crippen LogP contribution in [0, 0.1) is 5.82 Å². The van der Waals surface area contributed by atoms with Gasteiger partial charge in [0.05, 0.1) is 22.4 Å². The highest BCUT2D eigenvalue weighted by Gasteiger charge is 2.21. The normalized spacial score (nSPS) is 13.8. The highest BCUT2D eigenvalue weighted by Crippen LogP contribution is 2.33. The fourth-order valence-electron chi connectivity index (χ4n) is 3.75. The van der Waals surface area contributed by atoms with Gasteiger partial charge in [-0.1, -0.05) is 6.07 Å². The maximum absolute atomic E-state index is 13.5. The van der Waals surface area contributed by atoms with E-state index in [9.17, 15) is 18.8 Å². The predicted molar refractivity (Wildman–Crippen MR) is 110 cm³/mol. The zero-order chi connectivity index (χ0) is 20.7. The van der Waals surface area contributed by atoms with Gasteiger partial charge in [-0.05, 0) is 43.2 Å². The van der Waals surface area contributed by atoms with Crippen LogP contribution in [0.25, 0.3) is 11.0 Å². The van der Waals surface area contributed by atoms with E-state index in [1.54, 1.807) is 13.1 Å². The van der Waals surface area contributed by atoms with Crippen molar-refractivity contribution in [2.75, 3.05) is 23.3 Å². The van der Waals surface area contributed by atoms with Gasteiger partial charge in [0.1, 0.15) is 5.82 Å². The molecule has 7 nitrogen and oxygen atoms in total. The van der Waals surface area contributed by atoms with Crippen LogP contribution in [0.2, 0.25) is 0 Å². The molecule has 1 N–H and O–H groups in total. The molecule has 0 radical (unpaired) electrons. The molecular formula is C21H21FN4O3. The Balaban J connectivity index is 1.89. The second-order valence-corrected chi connectivity index (χ2v) is 7.25. The number of hydrogen-bond acceptors (Lipinski definition) is 4. The van der Waals surface area contributed by atoms with Gasteiger partial charge in [-0.2, -0.15) is 0 Å². The number of amides is 1. The number of nitrogens with one attached hydrogen (secondary N) is 1. The molecule has 3 aromatic rings. The number of nitrogens with zero attached hydrogens (tertiary/aromatic N) is 3. The summed E-state index contributed by atoms with van der Waals surface area (Å²) in [5.74, 6) is -0.938. The first-order chi connectivity index (χ1) is 13.9. The third-order valence-corrected chi connectivity index (χ3v) is 5.39. The van der Waals surface area contributed by atoms with Crippen LogP contribution >= 0.6 is 0 Å². The Labute approximate surface area is 166 Å². The summed E-state index contributed by atoms with van der Waals surface area (Å²) in [5.41, 5.74) is 1.36. The molecule has 0 aliphatic carbocycles. The van der Waals surface area contributed by atoms with E-state index in [0.29, 0.717) is 16.7 Å². The average Bonchev–Trinajstić information content (AvgIpc) is 3.25. The van der Waals surface area contributed by atoms with E-state index in [4.69, 9.17) is 0 Å². The van der Waals surface area contributed by atoms with Crippen LogP contribution in [0.3, 0.4) is 0 Å². The summed E-state index contributed by atoms with van der Waals surface area (Å²) < 4.78 is 16.1. The minimum Gasteiger partial charge on any atom is -0.370 e. The van der Waals surface area contributed by atoms with Gasteiger partial charge < -0.3 is 19.4 Å². The fourth-order valence-corrected chi connectivity index (χ4v) is 3.75. The van der Waals surface area contributed by atoms with Crippen LogP contribution < -0.4 is 21.3 Å². The number of fused-ring (bicyclic) bond motifs is 1. The third-order valence-electron chi connectivity index (χ3n) is 5.39. The zero-order valence-electron chi connectivity index (χ0n) is 16.2. The Morgan fingerprint density at radius 3 is 2.21 bits per heavy atom. The molecular weight excluding hydrogens is 375 g/mol. The first-order valence-electron chi connectivity index (χ1n) is 9.42. The summed E-state index contributed by atoms with van der Waals surface area (Å²) >= 11 is 0. The molecule has 1 amide bonds. The molecule has 2 aromatic carbocycles. The van der Waals surface area contributed by atoms with Crippen LogP contribution in [0.5, 0.6) is 0 Å². The van der Waals surface area contributed by atoms with E-state index in [1.165, 1.54) is 40.4 Å². The van der Waals surface area contributed by atoms with Crippen molar-refractivity contribution in [3.8, 4) is 0 Å². The molecule has 1 aliphatic rings. The number of benzene rings is 2. The van der Waals surface area contributed by atoms with E-state index in [2.05, 4.69) is 10.2 Å². The van der Waals surface area contributed by atoms with Gasteiger partial charge >= 0.3 is 11.1 Å². The Bertz CT molecular complexity index is 1240. The van der Waals surface area contributed by atoms with Crippen molar-refractivity contribution < 1.29 is 9.18 Å². The zero-order valence-corrected chi connectivity index (χ0v) is 16.2. The highest BCUT2D eigenvalue weighted by molar-refractivity contribution is 6.07. The van der Waals surface area contributed by atoms with Crippen LogP contribution in [0.4, 0.5) is 15.8 Å². The lowest BCUT2D eigenvalue weighted by Crippen LogP contribution is -2.39. The van der Waals surface area contributed by atoms with Gasteiger partial charge in [-0.15, -0.1) is 0 Å². The van der Waals surface area contributed by atoms with Gasteiger partial charge in [0.15, 0.2) is 0 Å². The molecule has 150 valence electrons. The summed E-state index contributed by atoms with van der Waals surface area (Å²) in [6.07, 6.45) is 2.06. The Hall–Kier alpha value is -3.42. The first kappa shape index (κ1) is 18.9. The van der Waals surface area contributed by atoms with Crippen LogP contribution in [0.15, 0.2) is 46.0 Å². The van der Waals surface area contributed by atoms with E-state index in [1.807, 2.05) is 6.07 Å². The maximum atomic E-state index is 13.5. The van der Waals surface area contributed by atoms with Crippen molar-refractivity contribution in [1.82, 2.24) is 9.13 Å². The second-order valence-electron chi connectivity index (χ2n) is 7.25. The van der Waals surface area contributed by atoms with Crippen LogP contribution in [-0.2, 0) is 14.1 Å². The largest absolute Gasteiger partial charge is 0.370 e. The Morgan fingerprint density at radius 1 is 0.966 bits per heavy atom. The first-order valence-corrected chi connectivity index (χ1v) is 9.42. The van der Waals surface area contributed by atoms with Crippen molar-refractivity contribution >= 4 is 28.3 Å². The molecule has 0 bridgehead atoms. The Morgan fingerprint density at radius 2 is 1.59 bits per heavy atom. The number of aromatic nitrogens is 2. The van der Waals surface area contributed by atoms with Crippen molar-refractivity contribution in [2.45, 2.75) is 12.8 Å². The number of hydrogen-bond donors (Lipinski definition) is 1. The maximum Gasteiger partial charge on any atom is 0.316 e. The smallest absolute Gasteiger partial charge is 0.316 e. The predicted octanol–water partition coefficient (Wildman–Crippen LogP) is 2.23. The summed E-state index contributed by atoms with van der Waals surface area (Å²) in [6.45, 7) is 1.65. The van der Waals surface area contributed by atoms with Gasteiger partial charge in [-0.3, -0.25) is 14.4 Å². The molecule has 8 heteroatoms. The number of rotatable bonds is 3. The quantitative estimate of drug-likeness (QED) is 0.689.